The molecule has 2 aromatic rings. The third kappa shape index (κ3) is 1.87. The Morgan fingerprint density at radius 1 is 0.583 bits per heavy atom. The fraction of sp³-hybridized carbons (Fsp3) is 0.250. The summed E-state index contributed by atoms with van der Waals surface area (Å²) in [7, 11) is 0. The van der Waals surface area contributed by atoms with Gasteiger partial charge in [-0.1, -0.05) is 56.1 Å². The molecule has 1 saturated carbocycles. The second-order valence-corrected chi connectivity index (χ2v) is 7.32. The minimum absolute atomic E-state index is 0.166. The molecule has 0 radical (unpaired) electrons. The Kier molecular flexibility index (Phi) is 3.88. The summed E-state index contributed by atoms with van der Waals surface area (Å²) in [5.74, 6) is -10.4. The molecule has 1 aliphatic rings. The molecule has 0 unspecified atom stereocenters. The maximum Gasteiger partial charge on any atom is 0.355 e. The first-order valence-corrected chi connectivity index (χ1v) is 8.24. The van der Waals surface area contributed by atoms with E-state index in [-0.39, 0.29) is 8.95 Å². The van der Waals surface area contributed by atoms with Crippen molar-refractivity contribution in [2.75, 3.05) is 0 Å². The molecular weight excluding hydrogens is 466 g/mol. The standard InChI is InChI=1S/C16H8Br2F6/c17-11-5-1-3-9(7-11)13(19)14(20,16(23,24)15(13,21)22)10-4-2-6-12(18)8-10/h1-8H/t13-,14+. The van der Waals surface area contributed by atoms with E-state index in [1.165, 1.54) is 24.3 Å². The normalized spacial score (nSPS) is 30.7. The molecule has 0 saturated heterocycles. The molecule has 2 atom stereocenters. The molecule has 0 amide bonds. The molecule has 3 rings (SSSR count). The summed E-state index contributed by atoms with van der Waals surface area (Å²) in [6, 6.07) is 8.59. The molecule has 128 valence electrons. The van der Waals surface area contributed by atoms with Crippen molar-refractivity contribution in [2.45, 2.75) is 23.2 Å². The van der Waals surface area contributed by atoms with Crippen molar-refractivity contribution in [3.8, 4) is 0 Å². The lowest BCUT2D eigenvalue weighted by Crippen LogP contribution is -2.82. The van der Waals surface area contributed by atoms with Gasteiger partial charge in [0.1, 0.15) is 0 Å². The summed E-state index contributed by atoms with van der Waals surface area (Å²) in [5, 5.41) is 0. The van der Waals surface area contributed by atoms with Gasteiger partial charge < -0.3 is 0 Å². The Hall–Kier alpha value is -1.02. The highest BCUT2D eigenvalue weighted by atomic mass is 79.9. The van der Waals surface area contributed by atoms with Gasteiger partial charge in [-0.2, -0.15) is 17.6 Å². The highest BCUT2D eigenvalue weighted by molar-refractivity contribution is 9.10. The van der Waals surface area contributed by atoms with Gasteiger partial charge in [-0.15, -0.1) is 0 Å². The van der Waals surface area contributed by atoms with Crippen LogP contribution in [0.15, 0.2) is 57.5 Å². The molecule has 24 heavy (non-hydrogen) atoms. The minimum Gasteiger partial charge on any atom is -0.227 e. The van der Waals surface area contributed by atoms with Crippen LogP contribution in [-0.4, -0.2) is 11.8 Å². The van der Waals surface area contributed by atoms with Crippen LogP contribution >= 0.6 is 31.9 Å². The maximum absolute atomic E-state index is 15.3. The van der Waals surface area contributed by atoms with Crippen LogP contribution in [-0.2, 0) is 11.3 Å². The number of halogens is 8. The van der Waals surface area contributed by atoms with Gasteiger partial charge in [-0.05, 0) is 24.3 Å². The van der Waals surface area contributed by atoms with Gasteiger partial charge >= 0.3 is 11.8 Å². The first-order valence-electron chi connectivity index (χ1n) is 6.65. The van der Waals surface area contributed by atoms with E-state index in [0.29, 0.717) is 0 Å². The molecule has 0 aliphatic heterocycles. The van der Waals surface area contributed by atoms with E-state index < -0.39 is 34.3 Å². The Labute approximate surface area is 150 Å². The number of benzene rings is 2. The van der Waals surface area contributed by atoms with Crippen LogP contribution in [0.1, 0.15) is 11.1 Å². The third-order valence-corrected chi connectivity index (χ3v) is 5.17. The van der Waals surface area contributed by atoms with Crippen LogP contribution < -0.4 is 0 Å². The highest BCUT2D eigenvalue weighted by Gasteiger charge is 2.98. The van der Waals surface area contributed by atoms with E-state index in [9.17, 15) is 17.6 Å². The molecule has 2 aromatic carbocycles. The average molecular weight is 474 g/mol. The van der Waals surface area contributed by atoms with Gasteiger partial charge in [0.05, 0.1) is 0 Å². The third-order valence-electron chi connectivity index (χ3n) is 4.18. The van der Waals surface area contributed by atoms with Crippen molar-refractivity contribution < 1.29 is 26.3 Å². The molecule has 0 spiro atoms. The molecule has 0 aromatic heterocycles. The van der Waals surface area contributed by atoms with Crippen molar-refractivity contribution in [3.63, 3.8) is 0 Å². The van der Waals surface area contributed by atoms with E-state index in [0.717, 1.165) is 24.3 Å². The SMILES string of the molecule is FC1(F)C(F)(F)[C@@](F)(c2cccc(Br)c2)[C@@]1(F)c1cccc(Br)c1. The summed E-state index contributed by atoms with van der Waals surface area (Å²) in [5.41, 5.74) is -10.2. The highest BCUT2D eigenvalue weighted by Crippen LogP contribution is 2.76. The van der Waals surface area contributed by atoms with Crippen LogP contribution in [0.4, 0.5) is 26.3 Å². The molecule has 8 heteroatoms. The largest absolute Gasteiger partial charge is 0.355 e. The molecule has 1 fully saturated rings. The summed E-state index contributed by atoms with van der Waals surface area (Å²) < 4.78 is 87.3. The Bertz CT molecular complexity index is 741. The molecule has 0 N–H and O–H groups in total. The van der Waals surface area contributed by atoms with Gasteiger partial charge in [-0.25, -0.2) is 8.78 Å². The van der Waals surface area contributed by atoms with Crippen molar-refractivity contribution >= 4 is 31.9 Å². The molecular formula is C16H8Br2F6. The second kappa shape index (κ2) is 5.24. The minimum atomic E-state index is -5.21. The average Bonchev–Trinajstić information content (AvgIpc) is 2.52. The summed E-state index contributed by atoms with van der Waals surface area (Å²) >= 11 is 5.90. The first-order chi connectivity index (χ1) is 11.0. The topological polar surface area (TPSA) is 0 Å². The predicted octanol–water partition coefficient (Wildman–Crippen LogP) is 6.53. The van der Waals surface area contributed by atoms with E-state index in [4.69, 9.17) is 0 Å². The van der Waals surface area contributed by atoms with Crippen molar-refractivity contribution in [1.82, 2.24) is 0 Å². The lowest BCUT2D eigenvalue weighted by molar-refractivity contribution is -0.451. The zero-order chi connectivity index (χ0) is 18.0. The van der Waals surface area contributed by atoms with E-state index >= 15 is 8.78 Å². The quantitative estimate of drug-likeness (QED) is 0.435. The number of rotatable bonds is 2. The van der Waals surface area contributed by atoms with Crippen LogP contribution in [0, 0.1) is 0 Å². The van der Waals surface area contributed by atoms with Crippen LogP contribution in [0.2, 0.25) is 0 Å². The van der Waals surface area contributed by atoms with E-state index in [1.54, 1.807) is 0 Å². The summed E-state index contributed by atoms with van der Waals surface area (Å²) in [4.78, 5) is 0. The van der Waals surface area contributed by atoms with Crippen molar-refractivity contribution in [2.24, 2.45) is 0 Å². The fourth-order valence-electron chi connectivity index (χ4n) is 2.97. The number of hydrogen-bond donors (Lipinski definition) is 0. The number of hydrogen-bond acceptors (Lipinski definition) is 0. The zero-order valence-corrected chi connectivity index (χ0v) is 14.8. The van der Waals surface area contributed by atoms with E-state index in [1.807, 2.05) is 0 Å². The lowest BCUT2D eigenvalue weighted by atomic mass is 9.56. The number of alkyl halides is 6. The van der Waals surface area contributed by atoms with Gasteiger partial charge in [-0.3, -0.25) is 0 Å². The van der Waals surface area contributed by atoms with Crippen LogP contribution in [0.5, 0.6) is 0 Å². The van der Waals surface area contributed by atoms with Crippen LogP contribution in [0.3, 0.4) is 0 Å². The van der Waals surface area contributed by atoms with Crippen LogP contribution in [0.25, 0.3) is 0 Å². The van der Waals surface area contributed by atoms with Gasteiger partial charge in [0.25, 0.3) is 0 Å². The summed E-state index contributed by atoms with van der Waals surface area (Å²) in [6.45, 7) is 0. The lowest BCUT2D eigenvalue weighted by Gasteiger charge is -2.58. The van der Waals surface area contributed by atoms with Crippen molar-refractivity contribution in [3.05, 3.63) is 68.6 Å². The molecule has 1 aliphatic carbocycles. The van der Waals surface area contributed by atoms with Gasteiger partial charge in [0.15, 0.2) is 0 Å². The second-order valence-electron chi connectivity index (χ2n) is 5.49. The molecule has 0 nitrogen and oxygen atoms in total. The summed E-state index contributed by atoms with van der Waals surface area (Å²) in [6.07, 6.45) is 0. The Morgan fingerprint density at radius 3 is 1.21 bits per heavy atom. The monoisotopic (exact) mass is 472 g/mol. The first kappa shape index (κ1) is 17.8. The molecule has 0 bridgehead atoms. The fourth-order valence-corrected chi connectivity index (χ4v) is 3.77. The molecule has 0 heterocycles. The Morgan fingerprint density at radius 2 is 0.917 bits per heavy atom. The van der Waals surface area contributed by atoms with Gasteiger partial charge in [0, 0.05) is 20.1 Å². The Balaban J connectivity index is 2.30. The van der Waals surface area contributed by atoms with Gasteiger partial charge in [0.2, 0.25) is 11.3 Å². The zero-order valence-electron chi connectivity index (χ0n) is 11.6. The van der Waals surface area contributed by atoms with Crippen molar-refractivity contribution in [1.29, 1.82) is 0 Å². The van der Waals surface area contributed by atoms with E-state index in [2.05, 4.69) is 31.9 Å². The smallest absolute Gasteiger partial charge is 0.227 e. The predicted molar refractivity (Wildman–Crippen MR) is 83.8 cm³/mol. The maximum atomic E-state index is 15.3.